The van der Waals surface area contributed by atoms with Gasteiger partial charge in [-0.05, 0) is 49.7 Å². The molecule has 2 aliphatic heterocycles. The van der Waals surface area contributed by atoms with Crippen LogP contribution in [0.15, 0.2) is 65.6 Å². The molecule has 214 valence electrons. The second-order valence-electron chi connectivity index (χ2n) is 10.9. The number of aromatic nitrogens is 4. The Hall–Kier alpha value is -4.25. The number of likely N-dealkylation sites (N-methyl/N-ethyl adjacent to an activating group) is 1. The lowest BCUT2D eigenvalue weighted by atomic mass is 10.0. The fraction of sp³-hybridized carbons (Fsp3) is 0.400. The number of piperidine rings is 1. The molecule has 0 unspecified atom stereocenters. The van der Waals surface area contributed by atoms with E-state index < -0.39 is 0 Å². The Balaban J connectivity index is 1.21. The summed E-state index contributed by atoms with van der Waals surface area (Å²) in [6.45, 7) is 4.81. The number of hydrogen-bond donors (Lipinski definition) is 0. The SMILES string of the molecule is CN1CCN(C(=O)n2c(N(C)C3CCN(c4nc5ccccc5n4Cc4ccc(F)cc4)CC3)nccc2=O)CC1. The van der Waals surface area contributed by atoms with Crippen molar-refractivity contribution in [3.63, 3.8) is 0 Å². The molecule has 0 radical (unpaired) electrons. The number of halogens is 1. The quantitative estimate of drug-likeness (QED) is 0.372. The average Bonchev–Trinajstić information content (AvgIpc) is 3.36. The number of fused-ring (bicyclic) bond motifs is 1. The van der Waals surface area contributed by atoms with Gasteiger partial charge in [0.1, 0.15) is 5.82 Å². The fourth-order valence-electron chi connectivity index (χ4n) is 5.82. The Labute approximate surface area is 238 Å². The molecule has 6 rings (SSSR count). The molecule has 0 bridgehead atoms. The van der Waals surface area contributed by atoms with E-state index in [1.165, 1.54) is 29.0 Å². The van der Waals surface area contributed by atoms with E-state index in [1.807, 2.05) is 49.3 Å². The first-order valence-electron chi connectivity index (χ1n) is 14.1. The maximum atomic E-state index is 13.5. The third-order valence-corrected chi connectivity index (χ3v) is 8.29. The number of carbonyl (C=O) groups excluding carboxylic acids is 1. The van der Waals surface area contributed by atoms with Crippen LogP contribution in [-0.4, -0.2) is 94.3 Å². The van der Waals surface area contributed by atoms with Crippen LogP contribution < -0.4 is 15.4 Å². The van der Waals surface area contributed by atoms with Crippen LogP contribution in [0.4, 0.5) is 21.1 Å². The Kier molecular flexibility index (Phi) is 7.44. The highest BCUT2D eigenvalue weighted by Gasteiger charge is 2.30. The van der Waals surface area contributed by atoms with Crippen molar-refractivity contribution in [2.24, 2.45) is 0 Å². The fourth-order valence-corrected chi connectivity index (χ4v) is 5.82. The van der Waals surface area contributed by atoms with Gasteiger partial charge in [-0.1, -0.05) is 24.3 Å². The zero-order valence-corrected chi connectivity index (χ0v) is 23.5. The molecule has 0 N–H and O–H groups in total. The first-order valence-corrected chi connectivity index (χ1v) is 14.1. The number of imidazole rings is 1. The summed E-state index contributed by atoms with van der Waals surface area (Å²) in [6, 6.07) is 15.8. The van der Waals surface area contributed by atoms with Gasteiger partial charge in [0.15, 0.2) is 0 Å². The number of para-hydroxylation sites is 2. The largest absolute Gasteiger partial charge is 0.342 e. The first-order chi connectivity index (χ1) is 19.9. The maximum Gasteiger partial charge on any atom is 0.334 e. The van der Waals surface area contributed by atoms with Gasteiger partial charge in [0.25, 0.3) is 5.56 Å². The third-order valence-electron chi connectivity index (χ3n) is 8.29. The number of nitrogens with zero attached hydrogens (tertiary/aromatic N) is 8. The highest BCUT2D eigenvalue weighted by molar-refractivity contribution is 5.80. The summed E-state index contributed by atoms with van der Waals surface area (Å²) in [5, 5.41) is 0. The number of carbonyl (C=O) groups is 1. The van der Waals surface area contributed by atoms with Crippen LogP contribution in [0.3, 0.4) is 0 Å². The molecule has 0 saturated carbocycles. The lowest BCUT2D eigenvalue weighted by molar-refractivity contribution is 0.155. The zero-order chi connectivity index (χ0) is 28.5. The molecule has 10 nitrogen and oxygen atoms in total. The maximum absolute atomic E-state index is 13.5. The number of anilines is 2. The summed E-state index contributed by atoms with van der Waals surface area (Å²) in [5.74, 6) is 1.01. The van der Waals surface area contributed by atoms with Gasteiger partial charge >= 0.3 is 6.03 Å². The predicted molar refractivity (Wildman–Crippen MR) is 157 cm³/mol. The van der Waals surface area contributed by atoms with Crippen LogP contribution in [0, 0.1) is 5.82 Å². The van der Waals surface area contributed by atoms with Crippen molar-refractivity contribution in [1.29, 1.82) is 0 Å². The van der Waals surface area contributed by atoms with Crippen molar-refractivity contribution in [1.82, 2.24) is 28.9 Å². The Morgan fingerprint density at radius 2 is 1.68 bits per heavy atom. The number of amides is 1. The molecule has 2 saturated heterocycles. The molecule has 4 heterocycles. The van der Waals surface area contributed by atoms with E-state index in [0.717, 1.165) is 61.6 Å². The van der Waals surface area contributed by atoms with Gasteiger partial charge in [-0.15, -0.1) is 0 Å². The van der Waals surface area contributed by atoms with Crippen LogP contribution in [0.5, 0.6) is 0 Å². The normalized spacial score (nSPS) is 16.9. The van der Waals surface area contributed by atoms with E-state index in [-0.39, 0.29) is 23.4 Å². The third kappa shape index (κ3) is 5.41. The van der Waals surface area contributed by atoms with Gasteiger partial charge in [-0.2, -0.15) is 4.57 Å². The lowest BCUT2D eigenvalue weighted by Gasteiger charge is -2.38. The van der Waals surface area contributed by atoms with Crippen molar-refractivity contribution in [3.8, 4) is 0 Å². The summed E-state index contributed by atoms with van der Waals surface area (Å²) in [5.41, 5.74) is 2.59. The van der Waals surface area contributed by atoms with Crippen LogP contribution in [-0.2, 0) is 6.54 Å². The van der Waals surface area contributed by atoms with Gasteiger partial charge in [-0.3, -0.25) is 4.79 Å². The minimum absolute atomic E-state index is 0.0991. The van der Waals surface area contributed by atoms with Crippen molar-refractivity contribution >= 4 is 29.0 Å². The van der Waals surface area contributed by atoms with E-state index in [9.17, 15) is 14.0 Å². The van der Waals surface area contributed by atoms with Crippen molar-refractivity contribution in [3.05, 3.63) is 82.5 Å². The molecule has 41 heavy (non-hydrogen) atoms. The molecule has 0 aliphatic carbocycles. The first kappa shape index (κ1) is 26.9. The zero-order valence-electron chi connectivity index (χ0n) is 23.5. The van der Waals surface area contributed by atoms with Crippen molar-refractivity contribution < 1.29 is 9.18 Å². The molecule has 2 aromatic heterocycles. The molecule has 1 amide bonds. The second kappa shape index (κ2) is 11.3. The number of benzene rings is 2. The topological polar surface area (TPSA) is 82.7 Å². The molecule has 2 fully saturated rings. The number of rotatable bonds is 5. The lowest BCUT2D eigenvalue weighted by Crippen LogP contribution is -2.52. The monoisotopic (exact) mass is 558 g/mol. The van der Waals surface area contributed by atoms with Crippen LogP contribution >= 0.6 is 0 Å². The second-order valence-corrected chi connectivity index (χ2v) is 10.9. The van der Waals surface area contributed by atoms with Gasteiger partial charge in [-0.25, -0.2) is 19.2 Å². The summed E-state index contributed by atoms with van der Waals surface area (Å²) >= 11 is 0. The highest BCUT2D eigenvalue weighted by Crippen LogP contribution is 2.28. The predicted octanol–water partition coefficient (Wildman–Crippen LogP) is 3.10. The smallest absolute Gasteiger partial charge is 0.334 e. The Bertz CT molecular complexity index is 1580. The van der Waals surface area contributed by atoms with E-state index >= 15 is 0 Å². The van der Waals surface area contributed by atoms with Gasteiger partial charge in [0.05, 0.1) is 17.6 Å². The van der Waals surface area contributed by atoms with Crippen LogP contribution in [0.1, 0.15) is 18.4 Å². The van der Waals surface area contributed by atoms with Gasteiger partial charge in [0, 0.05) is 64.6 Å². The number of piperazine rings is 1. The molecular formula is C30H35FN8O2. The van der Waals surface area contributed by atoms with E-state index in [4.69, 9.17) is 4.98 Å². The van der Waals surface area contributed by atoms with Crippen molar-refractivity contribution in [2.75, 3.05) is 63.2 Å². The summed E-state index contributed by atoms with van der Waals surface area (Å²) < 4.78 is 16.9. The minimum Gasteiger partial charge on any atom is -0.342 e. The molecule has 2 aliphatic rings. The minimum atomic E-state index is -0.363. The Morgan fingerprint density at radius 3 is 2.41 bits per heavy atom. The molecule has 2 aromatic carbocycles. The van der Waals surface area contributed by atoms with Crippen LogP contribution in [0.25, 0.3) is 11.0 Å². The molecule has 11 heteroatoms. The average molecular weight is 559 g/mol. The standard InChI is InChI=1S/C30H35FN8O2/c1-34-17-19-37(20-18-34)30(41)39-27(40)11-14-32-28(39)35(2)24-12-15-36(16-13-24)29-33-25-5-3-4-6-26(25)38(29)21-22-7-9-23(31)10-8-22/h3-11,14,24H,12-13,15-21H2,1-2H3. The summed E-state index contributed by atoms with van der Waals surface area (Å²) in [6.07, 6.45) is 3.10. The van der Waals surface area contributed by atoms with Gasteiger partial charge in [0.2, 0.25) is 11.9 Å². The van der Waals surface area contributed by atoms with Crippen LogP contribution in [0.2, 0.25) is 0 Å². The summed E-state index contributed by atoms with van der Waals surface area (Å²) in [4.78, 5) is 44.0. The van der Waals surface area contributed by atoms with E-state index in [1.54, 1.807) is 4.90 Å². The van der Waals surface area contributed by atoms with Gasteiger partial charge < -0.3 is 24.2 Å². The van der Waals surface area contributed by atoms with E-state index in [0.29, 0.717) is 25.6 Å². The highest BCUT2D eigenvalue weighted by atomic mass is 19.1. The number of hydrogen-bond acceptors (Lipinski definition) is 7. The van der Waals surface area contributed by atoms with Crippen molar-refractivity contribution in [2.45, 2.75) is 25.4 Å². The molecule has 0 spiro atoms. The molecule has 4 aromatic rings. The molecular weight excluding hydrogens is 523 g/mol. The molecule has 0 atom stereocenters. The Morgan fingerprint density at radius 1 is 0.976 bits per heavy atom. The van der Waals surface area contributed by atoms with E-state index in [2.05, 4.69) is 25.4 Å². The summed E-state index contributed by atoms with van der Waals surface area (Å²) in [7, 11) is 3.95.